The van der Waals surface area contributed by atoms with Gasteiger partial charge < -0.3 is 25.8 Å². The molecule has 3 atom stereocenters. The Hall–Kier alpha value is -3.66. The number of aryl methyl sites for hydroxylation is 1. The normalized spacial score (nSPS) is 13.8. The van der Waals surface area contributed by atoms with Crippen molar-refractivity contribution in [3.05, 3.63) is 101 Å². The fraction of sp³-hybridized carbons (Fsp3) is 0.310. The van der Waals surface area contributed by atoms with E-state index < -0.39 is 35.8 Å². The number of aliphatic hydroxyl groups excluding tert-OH is 2. The molecule has 1 aromatic heterocycles. The van der Waals surface area contributed by atoms with Crippen molar-refractivity contribution >= 4 is 16.9 Å². The number of imidazole rings is 1. The first-order chi connectivity index (χ1) is 18.3. The van der Waals surface area contributed by atoms with Crippen LogP contribution >= 0.6 is 0 Å². The smallest absolute Gasteiger partial charge is 0.223 e. The number of amides is 1. The maximum Gasteiger partial charge on any atom is 0.223 e. The molecular weight excluding hydrogens is 490 g/mol. The SMILES string of the molecule is CCc1cccc(CNC[C@@H](O)[C@@H](Cc2cc(F)cc(F)c2)NC(=O)CC(O)c2nc3ccccc3[nH]2)c1. The molecule has 5 N–H and O–H groups in total. The molecule has 0 aliphatic heterocycles. The second-order valence-corrected chi connectivity index (χ2v) is 9.39. The van der Waals surface area contributed by atoms with E-state index in [2.05, 4.69) is 33.6 Å². The molecule has 1 amide bonds. The predicted molar refractivity (Wildman–Crippen MR) is 141 cm³/mol. The van der Waals surface area contributed by atoms with Crippen molar-refractivity contribution < 1.29 is 23.8 Å². The highest BCUT2D eigenvalue weighted by molar-refractivity contribution is 5.78. The van der Waals surface area contributed by atoms with Gasteiger partial charge in [-0.2, -0.15) is 0 Å². The number of carbonyl (C=O) groups excluding carboxylic acids is 1. The number of nitrogens with zero attached hydrogens (tertiary/aromatic N) is 1. The minimum atomic E-state index is -1.20. The van der Waals surface area contributed by atoms with Crippen molar-refractivity contribution in [1.82, 2.24) is 20.6 Å². The van der Waals surface area contributed by atoms with Gasteiger partial charge in [-0.3, -0.25) is 4.79 Å². The molecule has 200 valence electrons. The number of aromatic amines is 1. The summed E-state index contributed by atoms with van der Waals surface area (Å²) in [4.78, 5) is 20.2. The average Bonchev–Trinajstić information content (AvgIpc) is 3.32. The fourth-order valence-electron chi connectivity index (χ4n) is 4.40. The number of fused-ring (bicyclic) bond motifs is 1. The maximum atomic E-state index is 13.8. The van der Waals surface area contributed by atoms with Crippen molar-refractivity contribution in [2.45, 2.75) is 51.0 Å². The van der Waals surface area contributed by atoms with Gasteiger partial charge in [-0.05, 0) is 53.8 Å². The first-order valence-electron chi connectivity index (χ1n) is 12.6. The largest absolute Gasteiger partial charge is 0.390 e. The Kier molecular flexibility index (Phi) is 9.17. The Labute approximate surface area is 219 Å². The summed E-state index contributed by atoms with van der Waals surface area (Å²) in [6.45, 7) is 2.71. The van der Waals surface area contributed by atoms with E-state index in [-0.39, 0.29) is 25.2 Å². The molecule has 1 heterocycles. The van der Waals surface area contributed by atoms with Crippen LogP contribution < -0.4 is 10.6 Å². The lowest BCUT2D eigenvalue weighted by Crippen LogP contribution is -2.49. The second-order valence-electron chi connectivity index (χ2n) is 9.39. The number of hydrogen-bond acceptors (Lipinski definition) is 5. The number of benzene rings is 3. The number of halogens is 2. The molecule has 0 saturated carbocycles. The van der Waals surface area contributed by atoms with Crippen molar-refractivity contribution in [1.29, 1.82) is 0 Å². The second kappa shape index (κ2) is 12.7. The molecule has 0 aliphatic rings. The summed E-state index contributed by atoms with van der Waals surface area (Å²) in [6.07, 6.45) is -1.67. The third kappa shape index (κ3) is 7.44. The van der Waals surface area contributed by atoms with Crippen LogP contribution in [0.1, 0.15) is 42.0 Å². The van der Waals surface area contributed by atoms with Crippen LogP contribution in [0, 0.1) is 11.6 Å². The van der Waals surface area contributed by atoms with Gasteiger partial charge >= 0.3 is 0 Å². The molecule has 4 aromatic rings. The number of nitrogens with one attached hydrogen (secondary N) is 3. The zero-order chi connectivity index (χ0) is 27.1. The van der Waals surface area contributed by atoms with Gasteiger partial charge in [-0.1, -0.05) is 43.3 Å². The minimum Gasteiger partial charge on any atom is -0.390 e. The number of aliphatic hydroxyl groups is 2. The van der Waals surface area contributed by atoms with Gasteiger partial charge in [0.25, 0.3) is 0 Å². The first-order valence-corrected chi connectivity index (χ1v) is 12.6. The minimum absolute atomic E-state index is 0.00464. The van der Waals surface area contributed by atoms with Crippen LogP contribution in [0.25, 0.3) is 11.0 Å². The Morgan fingerprint density at radius 2 is 1.71 bits per heavy atom. The van der Waals surface area contributed by atoms with Gasteiger partial charge in [-0.25, -0.2) is 13.8 Å². The van der Waals surface area contributed by atoms with Crippen molar-refractivity contribution in [2.75, 3.05) is 6.54 Å². The van der Waals surface area contributed by atoms with Crippen molar-refractivity contribution in [2.24, 2.45) is 0 Å². The first kappa shape index (κ1) is 27.4. The highest BCUT2D eigenvalue weighted by Crippen LogP contribution is 2.19. The molecule has 1 unspecified atom stereocenters. The van der Waals surface area contributed by atoms with Gasteiger partial charge in [0.1, 0.15) is 23.6 Å². The van der Waals surface area contributed by atoms with Gasteiger partial charge in [0.05, 0.1) is 29.6 Å². The number of hydrogen-bond donors (Lipinski definition) is 5. The number of para-hydroxylation sites is 2. The van der Waals surface area contributed by atoms with Gasteiger partial charge in [0.15, 0.2) is 0 Å². The fourth-order valence-corrected chi connectivity index (χ4v) is 4.40. The van der Waals surface area contributed by atoms with E-state index in [4.69, 9.17) is 0 Å². The zero-order valence-corrected chi connectivity index (χ0v) is 21.1. The molecule has 0 bridgehead atoms. The summed E-state index contributed by atoms with van der Waals surface area (Å²) in [5, 5.41) is 27.4. The number of rotatable bonds is 12. The number of carbonyl (C=O) groups is 1. The molecule has 7 nitrogen and oxygen atoms in total. The van der Waals surface area contributed by atoms with E-state index in [0.29, 0.717) is 17.6 Å². The van der Waals surface area contributed by atoms with Crippen LogP contribution in [0.5, 0.6) is 0 Å². The Morgan fingerprint density at radius 1 is 0.974 bits per heavy atom. The van der Waals surface area contributed by atoms with Crippen molar-refractivity contribution in [3.8, 4) is 0 Å². The van der Waals surface area contributed by atoms with E-state index in [9.17, 15) is 23.8 Å². The van der Waals surface area contributed by atoms with Gasteiger partial charge in [0, 0.05) is 19.2 Å². The Bertz CT molecular complexity index is 1320. The summed E-state index contributed by atoms with van der Waals surface area (Å²) in [5.74, 6) is -1.77. The third-order valence-corrected chi connectivity index (χ3v) is 6.37. The summed E-state index contributed by atoms with van der Waals surface area (Å²) in [7, 11) is 0. The molecule has 0 aliphatic carbocycles. The van der Waals surface area contributed by atoms with Crippen LogP contribution in [0.3, 0.4) is 0 Å². The van der Waals surface area contributed by atoms with Crippen LogP contribution in [-0.2, 0) is 24.2 Å². The standard InChI is InChI=1S/C29H32F2N4O3/c1-2-18-6-5-7-19(10-18)16-32-17-27(37)25(13-20-11-21(30)14-22(31)12-20)33-28(38)15-26(36)29-34-23-8-3-4-9-24(23)35-29/h3-12,14,25-27,32,36-37H,2,13,15-17H2,1H3,(H,33,38)(H,34,35)/t25-,26?,27-/m1/s1. The van der Waals surface area contributed by atoms with E-state index in [0.717, 1.165) is 23.6 Å². The molecule has 0 saturated heterocycles. The van der Waals surface area contributed by atoms with Crippen LogP contribution in [0.2, 0.25) is 0 Å². The topological polar surface area (TPSA) is 110 Å². The van der Waals surface area contributed by atoms with Crippen LogP contribution in [0.4, 0.5) is 8.78 Å². The average molecular weight is 523 g/mol. The lowest BCUT2D eigenvalue weighted by molar-refractivity contribution is -0.124. The molecule has 0 spiro atoms. The lowest BCUT2D eigenvalue weighted by atomic mass is 10.00. The van der Waals surface area contributed by atoms with E-state index in [1.54, 1.807) is 6.07 Å². The maximum absolute atomic E-state index is 13.8. The Morgan fingerprint density at radius 3 is 2.45 bits per heavy atom. The van der Waals surface area contributed by atoms with E-state index in [1.165, 1.54) is 17.7 Å². The summed E-state index contributed by atoms with van der Waals surface area (Å²) in [5.41, 5.74) is 3.95. The van der Waals surface area contributed by atoms with Crippen LogP contribution in [-0.4, -0.2) is 44.8 Å². The quantitative estimate of drug-likeness (QED) is 0.195. The highest BCUT2D eigenvalue weighted by Gasteiger charge is 2.25. The summed E-state index contributed by atoms with van der Waals surface area (Å²) >= 11 is 0. The Balaban J connectivity index is 1.41. The molecule has 9 heteroatoms. The zero-order valence-electron chi connectivity index (χ0n) is 21.1. The summed E-state index contributed by atoms with van der Waals surface area (Å²) < 4.78 is 27.6. The molecule has 0 radical (unpaired) electrons. The van der Waals surface area contributed by atoms with Crippen LogP contribution in [0.15, 0.2) is 66.7 Å². The van der Waals surface area contributed by atoms with E-state index >= 15 is 0 Å². The number of H-pyrrole nitrogens is 1. The van der Waals surface area contributed by atoms with Crippen molar-refractivity contribution in [3.63, 3.8) is 0 Å². The molecule has 0 fully saturated rings. The van der Waals surface area contributed by atoms with E-state index in [1.807, 2.05) is 36.4 Å². The lowest BCUT2D eigenvalue weighted by Gasteiger charge is -2.25. The predicted octanol–water partition coefficient (Wildman–Crippen LogP) is 3.71. The van der Waals surface area contributed by atoms with Gasteiger partial charge in [-0.15, -0.1) is 0 Å². The monoisotopic (exact) mass is 522 g/mol. The molecule has 4 rings (SSSR count). The summed E-state index contributed by atoms with van der Waals surface area (Å²) in [6, 6.07) is 17.6. The van der Waals surface area contributed by atoms with Gasteiger partial charge in [0.2, 0.25) is 5.91 Å². The third-order valence-electron chi connectivity index (χ3n) is 6.37. The number of aromatic nitrogens is 2. The highest BCUT2D eigenvalue weighted by atomic mass is 19.1. The molecular formula is C29H32F2N4O3. The molecule has 38 heavy (non-hydrogen) atoms. The molecule has 3 aromatic carbocycles.